The fourth-order valence-corrected chi connectivity index (χ4v) is 3.25. The monoisotopic (exact) mass is 289 g/mol. The molecular formula is C18H31N3. The van der Waals surface area contributed by atoms with Crippen molar-refractivity contribution in [2.75, 3.05) is 44.2 Å². The maximum atomic E-state index is 5.60. The molecule has 2 N–H and O–H groups in total. The summed E-state index contributed by atoms with van der Waals surface area (Å²) < 4.78 is 0. The van der Waals surface area contributed by atoms with Crippen LogP contribution in [0.1, 0.15) is 30.9 Å². The first-order chi connectivity index (χ1) is 10.1. The van der Waals surface area contributed by atoms with Gasteiger partial charge in [0.15, 0.2) is 0 Å². The van der Waals surface area contributed by atoms with Crippen molar-refractivity contribution in [1.29, 1.82) is 0 Å². The Bertz CT molecular complexity index is 436. The molecule has 3 heteroatoms. The average Bonchev–Trinajstić information content (AvgIpc) is 2.49. The van der Waals surface area contributed by atoms with Crippen LogP contribution in [0.3, 0.4) is 0 Å². The Morgan fingerprint density at radius 3 is 2.52 bits per heavy atom. The number of benzene rings is 1. The van der Waals surface area contributed by atoms with E-state index in [1.54, 1.807) is 0 Å². The van der Waals surface area contributed by atoms with Crippen LogP contribution in [0.25, 0.3) is 0 Å². The molecule has 0 spiro atoms. The van der Waals surface area contributed by atoms with Gasteiger partial charge in [-0.1, -0.05) is 19.1 Å². The first-order valence-electron chi connectivity index (χ1n) is 8.35. The van der Waals surface area contributed by atoms with Crippen LogP contribution in [-0.4, -0.2) is 44.2 Å². The van der Waals surface area contributed by atoms with E-state index in [-0.39, 0.29) is 0 Å². The van der Waals surface area contributed by atoms with Gasteiger partial charge in [-0.3, -0.25) is 4.90 Å². The summed E-state index contributed by atoms with van der Waals surface area (Å²) in [5.41, 5.74) is 9.85. The number of hydrogen-bond acceptors (Lipinski definition) is 3. The third kappa shape index (κ3) is 4.45. The Labute approximate surface area is 130 Å². The van der Waals surface area contributed by atoms with Crippen LogP contribution in [0, 0.1) is 19.8 Å². The van der Waals surface area contributed by atoms with E-state index in [0.29, 0.717) is 0 Å². The van der Waals surface area contributed by atoms with Crippen LogP contribution in [0.5, 0.6) is 0 Å². The molecule has 1 aliphatic heterocycles. The molecule has 1 fully saturated rings. The second-order valence-electron chi connectivity index (χ2n) is 6.54. The molecule has 1 atom stereocenters. The van der Waals surface area contributed by atoms with Gasteiger partial charge in [0.2, 0.25) is 0 Å². The molecular weight excluding hydrogens is 258 g/mol. The summed E-state index contributed by atoms with van der Waals surface area (Å²) in [4.78, 5) is 5.16. The van der Waals surface area contributed by atoms with E-state index in [1.807, 2.05) is 0 Å². The SMILES string of the molecule is Cc1cccc(N2CCN(CC(C)CCCN)CC2)c1C. The third-order valence-corrected chi connectivity index (χ3v) is 4.76. The number of aryl methyl sites for hydroxylation is 1. The molecule has 1 aromatic carbocycles. The largest absolute Gasteiger partial charge is 0.369 e. The van der Waals surface area contributed by atoms with Gasteiger partial charge in [-0.2, -0.15) is 0 Å². The normalized spacial score (nSPS) is 18.0. The minimum atomic E-state index is 0.765. The van der Waals surface area contributed by atoms with Gasteiger partial charge in [-0.15, -0.1) is 0 Å². The lowest BCUT2D eigenvalue weighted by Crippen LogP contribution is -2.47. The maximum Gasteiger partial charge on any atom is 0.0399 e. The first-order valence-corrected chi connectivity index (χ1v) is 8.35. The van der Waals surface area contributed by atoms with Crippen LogP contribution in [0.2, 0.25) is 0 Å². The minimum absolute atomic E-state index is 0.765. The molecule has 0 saturated carbocycles. The zero-order valence-electron chi connectivity index (χ0n) is 13.9. The summed E-state index contributed by atoms with van der Waals surface area (Å²) in [6.07, 6.45) is 2.41. The van der Waals surface area contributed by atoms with Gasteiger partial charge in [-0.25, -0.2) is 0 Å². The minimum Gasteiger partial charge on any atom is -0.369 e. The van der Waals surface area contributed by atoms with Crippen molar-refractivity contribution in [1.82, 2.24) is 4.90 Å². The van der Waals surface area contributed by atoms with E-state index in [2.05, 4.69) is 48.8 Å². The van der Waals surface area contributed by atoms with E-state index in [0.717, 1.165) is 32.0 Å². The Morgan fingerprint density at radius 1 is 1.14 bits per heavy atom. The summed E-state index contributed by atoms with van der Waals surface area (Å²) >= 11 is 0. The van der Waals surface area contributed by atoms with Crippen molar-refractivity contribution in [3.8, 4) is 0 Å². The zero-order valence-corrected chi connectivity index (χ0v) is 13.9. The standard InChI is InChI=1S/C18H31N3/c1-15(6-5-9-19)14-20-10-12-21(13-11-20)18-8-4-7-16(2)17(18)3/h4,7-8,15H,5-6,9-14,19H2,1-3H3. The molecule has 3 nitrogen and oxygen atoms in total. The van der Waals surface area contributed by atoms with Crippen molar-refractivity contribution in [3.05, 3.63) is 29.3 Å². The Morgan fingerprint density at radius 2 is 1.86 bits per heavy atom. The number of hydrogen-bond donors (Lipinski definition) is 1. The highest BCUT2D eigenvalue weighted by Crippen LogP contribution is 2.24. The van der Waals surface area contributed by atoms with Crippen LogP contribution < -0.4 is 10.6 Å². The topological polar surface area (TPSA) is 32.5 Å². The lowest BCUT2D eigenvalue weighted by atomic mass is 10.0. The zero-order chi connectivity index (χ0) is 15.2. The predicted octanol–water partition coefficient (Wildman–Crippen LogP) is 2.80. The molecule has 0 radical (unpaired) electrons. The van der Waals surface area contributed by atoms with E-state index in [4.69, 9.17) is 5.73 Å². The summed E-state index contributed by atoms with van der Waals surface area (Å²) in [6, 6.07) is 6.65. The Hall–Kier alpha value is -1.06. The van der Waals surface area contributed by atoms with Crippen LogP contribution in [-0.2, 0) is 0 Å². The van der Waals surface area contributed by atoms with Gasteiger partial charge in [0.05, 0.1) is 0 Å². The molecule has 21 heavy (non-hydrogen) atoms. The summed E-state index contributed by atoms with van der Waals surface area (Å²) in [7, 11) is 0. The van der Waals surface area contributed by atoms with Crippen molar-refractivity contribution < 1.29 is 0 Å². The smallest absolute Gasteiger partial charge is 0.0399 e. The van der Waals surface area contributed by atoms with E-state index >= 15 is 0 Å². The van der Waals surface area contributed by atoms with Crippen molar-refractivity contribution >= 4 is 5.69 Å². The highest BCUT2D eigenvalue weighted by atomic mass is 15.3. The fraction of sp³-hybridized carbons (Fsp3) is 0.667. The highest BCUT2D eigenvalue weighted by Gasteiger charge is 2.19. The number of nitrogens with zero attached hydrogens (tertiary/aromatic N) is 2. The van der Waals surface area contributed by atoms with Crippen molar-refractivity contribution in [3.63, 3.8) is 0 Å². The van der Waals surface area contributed by atoms with Gasteiger partial charge < -0.3 is 10.6 Å². The molecule has 1 unspecified atom stereocenters. The third-order valence-electron chi connectivity index (χ3n) is 4.76. The molecule has 118 valence electrons. The average molecular weight is 289 g/mol. The Kier molecular flexibility index (Phi) is 6.07. The second-order valence-corrected chi connectivity index (χ2v) is 6.54. The number of rotatable bonds is 6. The van der Waals surface area contributed by atoms with E-state index in [1.165, 1.54) is 42.9 Å². The maximum absolute atomic E-state index is 5.60. The highest BCUT2D eigenvalue weighted by molar-refractivity contribution is 5.56. The quantitative estimate of drug-likeness (QED) is 0.874. The predicted molar refractivity (Wildman–Crippen MR) is 92.0 cm³/mol. The molecule has 0 aliphatic carbocycles. The van der Waals surface area contributed by atoms with Crippen LogP contribution >= 0.6 is 0 Å². The second kappa shape index (κ2) is 7.81. The number of piperazine rings is 1. The molecule has 0 bridgehead atoms. The molecule has 1 aliphatic rings. The van der Waals surface area contributed by atoms with Gasteiger partial charge in [0.25, 0.3) is 0 Å². The summed E-state index contributed by atoms with van der Waals surface area (Å²) in [5.74, 6) is 0.765. The fourth-order valence-electron chi connectivity index (χ4n) is 3.25. The van der Waals surface area contributed by atoms with Gasteiger partial charge in [0.1, 0.15) is 0 Å². The van der Waals surface area contributed by atoms with Crippen molar-refractivity contribution in [2.45, 2.75) is 33.6 Å². The van der Waals surface area contributed by atoms with Gasteiger partial charge >= 0.3 is 0 Å². The number of anilines is 1. The molecule has 0 aromatic heterocycles. The lowest BCUT2D eigenvalue weighted by molar-refractivity contribution is 0.219. The Balaban J connectivity index is 1.84. The molecule has 1 saturated heterocycles. The van der Waals surface area contributed by atoms with Gasteiger partial charge in [-0.05, 0) is 56.3 Å². The van der Waals surface area contributed by atoms with Crippen LogP contribution in [0.15, 0.2) is 18.2 Å². The first kappa shape index (κ1) is 16.3. The molecule has 1 aromatic rings. The number of nitrogens with two attached hydrogens (primary N) is 1. The lowest BCUT2D eigenvalue weighted by Gasteiger charge is -2.38. The van der Waals surface area contributed by atoms with Gasteiger partial charge in [0, 0.05) is 38.4 Å². The summed E-state index contributed by atoms with van der Waals surface area (Å²) in [6.45, 7) is 13.5. The molecule has 0 amide bonds. The van der Waals surface area contributed by atoms with E-state index in [9.17, 15) is 0 Å². The van der Waals surface area contributed by atoms with Crippen molar-refractivity contribution in [2.24, 2.45) is 11.7 Å². The van der Waals surface area contributed by atoms with Crippen LogP contribution in [0.4, 0.5) is 5.69 Å². The molecule has 2 rings (SSSR count). The van der Waals surface area contributed by atoms with E-state index < -0.39 is 0 Å². The molecule has 1 heterocycles. The summed E-state index contributed by atoms with van der Waals surface area (Å²) in [5, 5.41) is 0.